The van der Waals surface area contributed by atoms with Gasteiger partial charge in [-0.2, -0.15) is 0 Å². The van der Waals surface area contributed by atoms with Crippen molar-refractivity contribution in [3.8, 4) is 5.69 Å². The minimum Gasteiger partial charge on any atom is -0.353 e. The molecular weight excluding hydrogens is 258 g/mol. The van der Waals surface area contributed by atoms with Gasteiger partial charge < -0.3 is 5.32 Å². The van der Waals surface area contributed by atoms with E-state index in [9.17, 15) is 0 Å². The number of benzene rings is 1. The standard InChI is InChI=1S/C15H18ClN3/c1-11-6-7-13(10-14(11)16)19-9-8-17-15(19)18-12-4-2-3-5-12/h6-10,12H,2-5H2,1H3,(H,17,18). The van der Waals surface area contributed by atoms with E-state index >= 15 is 0 Å². The van der Waals surface area contributed by atoms with Gasteiger partial charge in [-0.3, -0.25) is 4.57 Å². The van der Waals surface area contributed by atoms with Crippen LogP contribution in [0.4, 0.5) is 5.95 Å². The van der Waals surface area contributed by atoms with Crippen molar-refractivity contribution in [2.24, 2.45) is 0 Å². The van der Waals surface area contributed by atoms with Crippen molar-refractivity contribution < 1.29 is 0 Å². The van der Waals surface area contributed by atoms with Gasteiger partial charge in [0.05, 0.1) is 0 Å². The quantitative estimate of drug-likeness (QED) is 0.910. The maximum Gasteiger partial charge on any atom is 0.207 e. The molecule has 100 valence electrons. The molecule has 3 nitrogen and oxygen atoms in total. The van der Waals surface area contributed by atoms with E-state index in [1.807, 2.05) is 31.5 Å². The van der Waals surface area contributed by atoms with Crippen LogP contribution in [0.25, 0.3) is 5.69 Å². The fourth-order valence-electron chi connectivity index (χ4n) is 2.60. The SMILES string of the molecule is Cc1ccc(-n2ccnc2NC2CCCC2)cc1Cl. The molecule has 2 aromatic rings. The second-order valence-corrected chi connectivity index (χ2v) is 5.59. The summed E-state index contributed by atoms with van der Waals surface area (Å²) in [5, 5.41) is 4.32. The predicted molar refractivity (Wildman–Crippen MR) is 79.2 cm³/mol. The second-order valence-electron chi connectivity index (χ2n) is 5.18. The summed E-state index contributed by atoms with van der Waals surface area (Å²) >= 11 is 6.20. The van der Waals surface area contributed by atoms with E-state index in [1.165, 1.54) is 25.7 Å². The highest BCUT2D eigenvalue weighted by atomic mass is 35.5. The lowest BCUT2D eigenvalue weighted by atomic mass is 10.2. The number of nitrogens with one attached hydrogen (secondary N) is 1. The van der Waals surface area contributed by atoms with Crippen molar-refractivity contribution in [1.29, 1.82) is 0 Å². The van der Waals surface area contributed by atoms with Gasteiger partial charge in [0, 0.05) is 29.1 Å². The Morgan fingerprint density at radius 1 is 1.32 bits per heavy atom. The molecule has 1 aromatic heterocycles. The third-order valence-corrected chi connectivity index (χ3v) is 4.17. The van der Waals surface area contributed by atoms with Gasteiger partial charge in [-0.05, 0) is 37.5 Å². The van der Waals surface area contributed by atoms with Crippen LogP contribution >= 0.6 is 11.6 Å². The van der Waals surface area contributed by atoms with Gasteiger partial charge in [-0.15, -0.1) is 0 Å². The Bertz CT molecular complexity index is 571. The highest BCUT2D eigenvalue weighted by molar-refractivity contribution is 6.31. The van der Waals surface area contributed by atoms with Crippen molar-refractivity contribution in [2.45, 2.75) is 38.6 Å². The van der Waals surface area contributed by atoms with Crippen molar-refractivity contribution in [2.75, 3.05) is 5.32 Å². The molecule has 0 radical (unpaired) electrons. The molecule has 0 bridgehead atoms. The summed E-state index contributed by atoms with van der Waals surface area (Å²) in [5.74, 6) is 0.909. The molecule has 1 N–H and O–H groups in total. The van der Waals surface area contributed by atoms with Crippen LogP contribution in [0.5, 0.6) is 0 Å². The van der Waals surface area contributed by atoms with Gasteiger partial charge in [-0.25, -0.2) is 4.98 Å². The highest BCUT2D eigenvalue weighted by Crippen LogP contribution is 2.25. The summed E-state index contributed by atoms with van der Waals surface area (Å²) in [4.78, 5) is 4.42. The molecule has 4 heteroatoms. The fourth-order valence-corrected chi connectivity index (χ4v) is 2.78. The van der Waals surface area contributed by atoms with Crippen LogP contribution in [0.3, 0.4) is 0 Å². The molecule has 1 aromatic carbocycles. The number of nitrogens with zero attached hydrogens (tertiary/aromatic N) is 2. The Morgan fingerprint density at radius 3 is 2.84 bits per heavy atom. The Labute approximate surface area is 118 Å². The smallest absolute Gasteiger partial charge is 0.207 e. The van der Waals surface area contributed by atoms with E-state index in [0.29, 0.717) is 6.04 Å². The van der Waals surface area contributed by atoms with Crippen LogP contribution in [0, 0.1) is 6.92 Å². The minimum absolute atomic E-state index is 0.557. The zero-order chi connectivity index (χ0) is 13.2. The van der Waals surface area contributed by atoms with Crippen molar-refractivity contribution in [3.63, 3.8) is 0 Å². The van der Waals surface area contributed by atoms with Gasteiger partial charge >= 0.3 is 0 Å². The lowest BCUT2D eigenvalue weighted by Gasteiger charge is -2.15. The van der Waals surface area contributed by atoms with E-state index in [0.717, 1.165) is 22.2 Å². The van der Waals surface area contributed by atoms with Gasteiger partial charge in [-0.1, -0.05) is 30.5 Å². The Kier molecular flexibility index (Phi) is 3.47. The van der Waals surface area contributed by atoms with Crippen molar-refractivity contribution >= 4 is 17.5 Å². The summed E-state index contributed by atoms with van der Waals surface area (Å²) in [7, 11) is 0. The van der Waals surface area contributed by atoms with Gasteiger partial charge in [0.25, 0.3) is 0 Å². The first-order valence-corrected chi connectivity index (χ1v) is 7.18. The summed E-state index contributed by atoms with van der Waals surface area (Å²) in [6.45, 7) is 2.01. The maximum atomic E-state index is 6.20. The molecule has 1 fully saturated rings. The summed E-state index contributed by atoms with van der Waals surface area (Å²) in [6.07, 6.45) is 8.90. The average molecular weight is 276 g/mol. The van der Waals surface area contributed by atoms with E-state index < -0.39 is 0 Å². The zero-order valence-electron chi connectivity index (χ0n) is 11.1. The van der Waals surface area contributed by atoms with E-state index in [1.54, 1.807) is 0 Å². The molecule has 1 heterocycles. The summed E-state index contributed by atoms with van der Waals surface area (Å²) in [6, 6.07) is 6.65. The number of hydrogen-bond donors (Lipinski definition) is 1. The van der Waals surface area contributed by atoms with Crippen LogP contribution in [0.2, 0.25) is 5.02 Å². The van der Waals surface area contributed by atoms with E-state index in [4.69, 9.17) is 11.6 Å². The van der Waals surface area contributed by atoms with Crippen LogP contribution in [-0.2, 0) is 0 Å². The molecule has 19 heavy (non-hydrogen) atoms. The lowest BCUT2D eigenvalue weighted by Crippen LogP contribution is -2.17. The molecule has 0 saturated heterocycles. The third kappa shape index (κ3) is 2.61. The summed E-state index contributed by atoms with van der Waals surface area (Å²) in [5.41, 5.74) is 2.14. The number of hydrogen-bond acceptors (Lipinski definition) is 2. The first-order valence-electron chi connectivity index (χ1n) is 6.80. The predicted octanol–water partition coefficient (Wildman–Crippen LogP) is 4.19. The molecule has 1 aliphatic rings. The zero-order valence-corrected chi connectivity index (χ0v) is 11.8. The highest BCUT2D eigenvalue weighted by Gasteiger charge is 2.17. The Morgan fingerprint density at radius 2 is 2.11 bits per heavy atom. The van der Waals surface area contributed by atoms with Crippen LogP contribution in [0.15, 0.2) is 30.6 Å². The van der Waals surface area contributed by atoms with Gasteiger partial charge in [0.15, 0.2) is 0 Å². The van der Waals surface area contributed by atoms with Gasteiger partial charge in [0.1, 0.15) is 0 Å². The van der Waals surface area contributed by atoms with Crippen molar-refractivity contribution in [3.05, 3.63) is 41.2 Å². The van der Waals surface area contributed by atoms with Crippen LogP contribution < -0.4 is 5.32 Å². The average Bonchev–Trinajstić information content (AvgIpc) is 3.05. The Balaban J connectivity index is 1.87. The topological polar surface area (TPSA) is 29.9 Å². The number of aromatic nitrogens is 2. The van der Waals surface area contributed by atoms with Gasteiger partial charge in [0.2, 0.25) is 5.95 Å². The maximum absolute atomic E-state index is 6.20. The first kappa shape index (κ1) is 12.5. The fraction of sp³-hybridized carbons (Fsp3) is 0.400. The number of imidazole rings is 1. The number of halogens is 1. The molecule has 0 atom stereocenters. The van der Waals surface area contributed by atoms with Crippen LogP contribution in [0.1, 0.15) is 31.2 Å². The largest absolute Gasteiger partial charge is 0.353 e. The number of anilines is 1. The second kappa shape index (κ2) is 5.25. The molecule has 1 aliphatic carbocycles. The lowest BCUT2D eigenvalue weighted by molar-refractivity contribution is 0.740. The molecule has 0 spiro atoms. The molecule has 0 amide bonds. The number of rotatable bonds is 3. The third-order valence-electron chi connectivity index (χ3n) is 3.76. The minimum atomic E-state index is 0.557. The monoisotopic (exact) mass is 275 g/mol. The van der Waals surface area contributed by atoms with Crippen molar-refractivity contribution in [1.82, 2.24) is 9.55 Å². The molecule has 0 unspecified atom stereocenters. The van der Waals surface area contributed by atoms with E-state index in [2.05, 4.69) is 20.9 Å². The molecule has 3 rings (SSSR count). The molecule has 1 saturated carbocycles. The number of aryl methyl sites for hydroxylation is 1. The molecule has 0 aliphatic heterocycles. The van der Waals surface area contributed by atoms with Crippen LogP contribution in [-0.4, -0.2) is 15.6 Å². The van der Waals surface area contributed by atoms with E-state index in [-0.39, 0.29) is 0 Å². The Hall–Kier alpha value is -1.48. The first-order chi connectivity index (χ1) is 9.24. The summed E-state index contributed by atoms with van der Waals surface area (Å²) < 4.78 is 2.06. The normalized spacial score (nSPS) is 15.9. The molecular formula is C15H18ClN3.